The van der Waals surface area contributed by atoms with Gasteiger partial charge in [-0.25, -0.2) is 13.1 Å². The van der Waals surface area contributed by atoms with E-state index in [-0.39, 0.29) is 0 Å². The molecule has 2 heterocycles. The SMILES string of the molecule is O=S(=O)(NCCNc1ccnc2ccc(Br)cc12)c1cccs1. The van der Waals surface area contributed by atoms with E-state index in [0.29, 0.717) is 17.3 Å². The highest BCUT2D eigenvalue weighted by Gasteiger charge is 2.13. The summed E-state index contributed by atoms with van der Waals surface area (Å²) in [4.78, 5) is 4.31. The Kier molecular flexibility index (Phi) is 4.96. The van der Waals surface area contributed by atoms with Crippen molar-refractivity contribution in [2.45, 2.75) is 4.21 Å². The summed E-state index contributed by atoms with van der Waals surface area (Å²) in [7, 11) is -3.41. The Morgan fingerprint density at radius 1 is 1.17 bits per heavy atom. The molecule has 0 radical (unpaired) electrons. The molecular weight excluding hydrogens is 398 g/mol. The molecule has 0 saturated carbocycles. The number of benzene rings is 1. The first kappa shape index (κ1) is 16.4. The average Bonchev–Trinajstić information content (AvgIpc) is 3.07. The quantitative estimate of drug-likeness (QED) is 0.609. The zero-order valence-electron chi connectivity index (χ0n) is 12.0. The van der Waals surface area contributed by atoms with Crippen molar-refractivity contribution in [3.63, 3.8) is 0 Å². The summed E-state index contributed by atoms with van der Waals surface area (Å²) in [5, 5.41) is 5.98. The Labute approximate surface area is 146 Å². The van der Waals surface area contributed by atoms with E-state index in [2.05, 4.69) is 31.0 Å². The first-order valence-corrected chi connectivity index (χ1v) is 10.0. The lowest BCUT2D eigenvalue weighted by molar-refractivity contribution is 0.585. The number of nitrogens with one attached hydrogen (secondary N) is 2. The third kappa shape index (κ3) is 3.89. The third-order valence-electron chi connectivity index (χ3n) is 3.20. The van der Waals surface area contributed by atoms with Crippen LogP contribution >= 0.6 is 27.3 Å². The molecule has 0 aliphatic carbocycles. The topological polar surface area (TPSA) is 71.1 Å². The summed E-state index contributed by atoms with van der Waals surface area (Å²) < 4.78 is 27.9. The number of nitrogens with zero attached hydrogens (tertiary/aromatic N) is 1. The first-order chi connectivity index (χ1) is 11.1. The molecule has 0 atom stereocenters. The standard InChI is InChI=1S/C15H14BrN3O2S2/c16-11-3-4-13-12(10-11)14(5-6-17-13)18-7-8-19-23(20,21)15-2-1-9-22-15/h1-6,9-10,19H,7-8H2,(H,17,18). The normalized spacial score (nSPS) is 11.7. The van der Waals surface area contributed by atoms with E-state index < -0.39 is 10.0 Å². The van der Waals surface area contributed by atoms with Crippen molar-refractivity contribution in [2.24, 2.45) is 0 Å². The Morgan fingerprint density at radius 2 is 2.04 bits per heavy atom. The molecule has 0 spiro atoms. The van der Waals surface area contributed by atoms with Crippen LogP contribution in [0.3, 0.4) is 0 Å². The number of hydrogen-bond acceptors (Lipinski definition) is 5. The molecule has 2 aromatic heterocycles. The zero-order valence-corrected chi connectivity index (χ0v) is 15.2. The zero-order chi connectivity index (χ0) is 16.3. The van der Waals surface area contributed by atoms with Crippen LogP contribution in [0, 0.1) is 0 Å². The minimum Gasteiger partial charge on any atom is -0.383 e. The molecule has 8 heteroatoms. The molecule has 3 rings (SSSR count). The molecule has 0 aliphatic rings. The number of anilines is 1. The molecule has 2 N–H and O–H groups in total. The van der Waals surface area contributed by atoms with Gasteiger partial charge in [0.2, 0.25) is 10.0 Å². The van der Waals surface area contributed by atoms with E-state index in [1.54, 1.807) is 23.7 Å². The molecule has 23 heavy (non-hydrogen) atoms. The fourth-order valence-corrected chi connectivity index (χ4v) is 4.57. The second-order valence-corrected chi connectivity index (χ2v) is 8.63. The third-order valence-corrected chi connectivity index (χ3v) is 6.55. The molecule has 0 amide bonds. The van der Waals surface area contributed by atoms with Crippen LogP contribution in [0.15, 0.2) is 56.7 Å². The van der Waals surface area contributed by atoms with Gasteiger partial charge in [-0.05, 0) is 35.7 Å². The van der Waals surface area contributed by atoms with Crippen molar-refractivity contribution in [3.05, 3.63) is 52.4 Å². The van der Waals surface area contributed by atoms with Gasteiger partial charge in [0.15, 0.2) is 0 Å². The highest BCUT2D eigenvalue weighted by molar-refractivity contribution is 9.10. The predicted octanol–water partition coefficient (Wildman–Crippen LogP) is 3.45. The summed E-state index contributed by atoms with van der Waals surface area (Å²) in [6.07, 6.45) is 1.73. The molecule has 3 aromatic rings. The molecule has 0 aliphatic heterocycles. The Bertz CT molecular complexity index is 912. The summed E-state index contributed by atoms with van der Waals surface area (Å²) >= 11 is 4.65. The summed E-state index contributed by atoms with van der Waals surface area (Å²) in [6, 6.07) is 11.0. The maximum atomic E-state index is 12.0. The summed E-state index contributed by atoms with van der Waals surface area (Å²) in [5.41, 5.74) is 1.81. The van der Waals surface area contributed by atoms with Gasteiger partial charge >= 0.3 is 0 Å². The van der Waals surface area contributed by atoms with Crippen LogP contribution in [0.4, 0.5) is 5.69 Å². The molecule has 0 bridgehead atoms. The van der Waals surface area contributed by atoms with Crippen LogP contribution in [0.2, 0.25) is 0 Å². The fraction of sp³-hybridized carbons (Fsp3) is 0.133. The van der Waals surface area contributed by atoms with Crippen molar-refractivity contribution in [2.75, 3.05) is 18.4 Å². The monoisotopic (exact) mass is 411 g/mol. The highest BCUT2D eigenvalue weighted by atomic mass is 79.9. The van der Waals surface area contributed by atoms with Crippen molar-refractivity contribution < 1.29 is 8.42 Å². The van der Waals surface area contributed by atoms with E-state index in [1.807, 2.05) is 24.3 Å². The molecule has 0 unspecified atom stereocenters. The van der Waals surface area contributed by atoms with Crippen LogP contribution in [0.25, 0.3) is 10.9 Å². The summed E-state index contributed by atoms with van der Waals surface area (Å²) in [6.45, 7) is 0.786. The van der Waals surface area contributed by atoms with Crippen LogP contribution in [0.1, 0.15) is 0 Å². The molecule has 5 nitrogen and oxygen atoms in total. The molecular formula is C15H14BrN3O2S2. The largest absolute Gasteiger partial charge is 0.383 e. The number of halogens is 1. The van der Waals surface area contributed by atoms with Gasteiger partial charge in [0.1, 0.15) is 4.21 Å². The fourth-order valence-electron chi connectivity index (χ4n) is 2.14. The van der Waals surface area contributed by atoms with Crippen molar-refractivity contribution >= 4 is 53.9 Å². The number of aromatic nitrogens is 1. The van der Waals surface area contributed by atoms with Gasteiger partial charge < -0.3 is 5.32 Å². The van der Waals surface area contributed by atoms with E-state index in [4.69, 9.17) is 0 Å². The van der Waals surface area contributed by atoms with Gasteiger partial charge in [0.25, 0.3) is 0 Å². The van der Waals surface area contributed by atoms with Crippen LogP contribution in [-0.4, -0.2) is 26.5 Å². The lowest BCUT2D eigenvalue weighted by Gasteiger charge is -2.10. The maximum absolute atomic E-state index is 12.0. The second kappa shape index (κ2) is 6.96. The van der Waals surface area contributed by atoms with Gasteiger partial charge in [-0.2, -0.15) is 0 Å². The van der Waals surface area contributed by atoms with E-state index >= 15 is 0 Å². The van der Waals surface area contributed by atoms with Gasteiger partial charge in [0, 0.05) is 34.8 Å². The maximum Gasteiger partial charge on any atom is 0.250 e. The Balaban J connectivity index is 1.64. The van der Waals surface area contributed by atoms with Gasteiger partial charge in [-0.1, -0.05) is 22.0 Å². The minimum atomic E-state index is -3.41. The number of pyridine rings is 1. The van der Waals surface area contributed by atoms with Crippen LogP contribution in [0.5, 0.6) is 0 Å². The lowest BCUT2D eigenvalue weighted by Crippen LogP contribution is -2.28. The average molecular weight is 412 g/mol. The summed E-state index contributed by atoms with van der Waals surface area (Å²) in [5.74, 6) is 0. The number of thiophene rings is 1. The van der Waals surface area contributed by atoms with Crippen molar-refractivity contribution in [1.29, 1.82) is 0 Å². The first-order valence-electron chi connectivity index (χ1n) is 6.87. The number of rotatable bonds is 6. The second-order valence-electron chi connectivity index (χ2n) is 4.78. The van der Waals surface area contributed by atoms with Crippen LogP contribution in [-0.2, 0) is 10.0 Å². The van der Waals surface area contributed by atoms with Crippen LogP contribution < -0.4 is 10.0 Å². The van der Waals surface area contributed by atoms with Crippen molar-refractivity contribution in [3.8, 4) is 0 Å². The number of fused-ring (bicyclic) bond motifs is 1. The Morgan fingerprint density at radius 3 is 2.83 bits per heavy atom. The molecule has 120 valence electrons. The van der Waals surface area contributed by atoms with Crippen molar-refractivity contribution in [1.82, 2.24) is 9.71 Å². The van der Waals surface area contributed by atoms with E-state index in [1.165, 1.54) is 11.3 Å². The lowest BCUT2D eigenvalue weighted by atomic mass is 10.2. The van der Waals surface area contributed by atoms with E-state index in [9.17, 15) is 8.42 Å². The highest BCUT2D eigenvalue weighted by Crippen LogP contribution is 2.24. The molecule has 0 fully saturated rings. The number of hydrogen-bond donors (Lipinski definition) is 2. The smallest absolute Gasteiger partial charge is 0.250 e. The van der Waals surface area contributed by atoms with Gasteiger partial charge in [0.05, 0.1) is 5.52 Å². The Hall–Kier alpha value is -1.48. The predicted molar refractivity (Wildman–Crippen MR) is 97.4 cm³/mol. The number of sulfonamides is 1. The molecule has 1 aromatic carbocycles. The molecule has 0 saturated heterocycles. The van der Waals surface area contributed by atoms with Gasteiger partial charge in [-0.3, -0.25) is 4.98 Å². The minimum absolute atomic E-state index is 0.304. The van der Waals surface area contributed by atoms with E-state index in [0.717, 1.165) is 21.1 Å². The van der Waals surface area contributed by atoms with Gasteiger partial charge in [-0.15, -0.1) is 11.3 Å².